The third-order valence-corrected chi connectivity index (χ3v) is 5.86. The SMILES string of the molecule is CC(C)(C)CCc1ccc2c(c1)[C@]1(COC(N)=N1)c1cc(Oc3ccccn3)ccc1O2. The fraction of sp³-hybridized carbons (Fsp3) is 0.308. The molecular formula is C26H27N3O3. The number of amidine groups is 1. The Morgan fingerprint density at radius 3 is 2.50 bits per heavy atom. The molecule has 0 bridgehead atoms. The Labute approximate surface area is 188 Å². The Morgan fingerprint density at radius 2 is 1.81 bits per heavy atom. The molecule has 3 heterocycles. The van der Waals surface area contributed by atoms with Gasteiger partial charge in [-0.05, 0) is 60.2 Å². The van der Waals surface area contributed by atoms with Crippen molar-refractivity contribution in [3.05, 3.63) is 77.5 Å². The monoisotopic (exact) mass is 429 g/mol. The van der Waals surface area contributed by atoms with Crippen LogP contribution in [-0.4, -0.2) is 17.6 Å². The normalized spacial score (nSPS) is 18.9. The van der Waals surface area contributed by atoms with Gasteiger partial charge in [-0.25, -0.2) is 9.98 Å². The van der Waals surface area contributed by atoms with Crippen molar-refractivity contribution in [2.75, 3.05) is 6.61 Å². The number of nitrogens with two attached hydrogens (primary N) is 1. The smallest absolute Gasteiger partial charge is 0.283 e. The predicted octanol–water partition coefficient (Wildman–Crippen LogP) is 5.55. The summed E-state index contributed by atoms with van der Waals surface area (Å²) in [6.07, 6.45) is 3.76. The van der Waals surface area contributed by atoms with Crippen LogP contribution in [0.25, 0.3) is 0 Å². The van der Waals surface area contributed by atoms with E-state index in [1.54, 1.807) is 6.20 Å². The second kappa shape index (κ2) is 7.55. The van der Waals surface area contributed by atoms with Crippen molar-refractivity contribution in [1.29, 1.82) is 0 Å². The average molecular weight is 430 g/mol. The first-order chi connectivity index (χ1) is 15.3. The average Bonchev–Trinajstić information content (AvgIpc) is 3.16. The van der Waals surface area contributed by atoms with Crippen LogP contribution in [0, 0.1) is 5.41 Å². The number of aryl methyl sites for hydroxylation is 1. The van der Waals surface area contributed by atoms with Crippen molar-refractivity contribution in [2.45, 2.75) is 39.2 Å². The maximum absolute atomic E-state index is 6.27. The molecule has 1 aromatic heterocycles. The van der Waals surface area contributed by atoms with E-state index in [9.17, 15) is 0 Å². The van der Waals surface area contributed by atoms with E-state index in [4.69, 9.17) is 24.9 Å². The van der Waals surface area contributed by atoms with Gasteiger partial charge in [0, 0.05) is 23.4 Å². The highest BCUT2D eigenvalue weighted by atomic mass is 16.5. The summed E-state index contributed by atoms with van der Waals surface area (Å²) in [6.45, 7) is 7.08. The number of aliphatic imine (C=N–C) groups is 1. The van der Waals surface area contributed by atoms with Gasteiger partial charge in [-0.15, -0.1) is 0 Å². The fourth-order valence-corrected chi connectivity index (χ4v) is 4.15. The van der Waals surface area contributed by atoms with Gasteiger partial charge in [0.2, 0.25) is 5.88 Å². The van der Waals surface area contributed by atoms with E-state index in [0.717, 1.165) is 35.5 Å². The summed E-state index contributed by atoms with van der Waals surface area (Å²) in [6, 6.07) is 17.8. The van der Waals surface area contributed by atoms with E-state index < -0.39 is 5.54 Å². The van der Waals surface area contributed by atoms with Crippen LogP contribution in [0.1, 0.15) is 43.9 Å². The van der Waals surface area contributed by atoms with E-state index in [0.29, 0.717) is 18.2 Å². The van der Waals surface area contributed by atoms with Crippen molar-refractivity contribution in [3.63, 3.8) is 0 Å². The summed E-state index contributed by atoms with van der Waals surface area (Å²) < 4.78 is 17.9. The second-order valence-electron chi connectivity index (χ2n) is 9.52. The Hall–Kier alpha value is -3.54. The van der Waals surface area contributed by atoms with E-state index in [-0.39, 0.29) is 11.4 Å². The van der Waals surface area contributed by atoms with Crippen LogP contribution in [0.4, 0.5) is 0 Å². The zero-order valence-electron chi connectivity index (χ0n) is 18.6. The van der Waals surface area contributed by atoms with Crippen LogP contribution >= 0.6 is 0 Å². The molecule has 0 radical (unpaired) electrons. The van der Waals surface area contributed by atoms with Crippen LogP contribution < -0.4 is 15.2 Å². The van der Waals surface area contributed by atoms with Gasteiger partial charge < -0.3 is 19.9 Å². The maximum Gasteiger partial charge on any atom is 0.283 e. The topological polar surface area (TPSA) is 79.0 Å². The molecule has 6 nitrogen and oxygen atoms in total. The molecule has 6 heteroatoms. The van der Waals surface area contributed by atoms with Crippen LogP contribution in [0.2, 0.25) is 0 Å². The number of pyridine rings is 1. The van der Waals surface area contributed by atoms with E-state index in [2.05, 4.69) is 37.9 Å². The van der Waals surface area contributed by atoms with Crippen molar-refractivity contribution < 1.29 is 14.2 Å². The number of aromatic nitrogens is 1. The molecular weight excluding hydrogens is 402 g/mol. The highest BCUT2D eigenvalue weighted by Crippen LogP contribution is 2.52. The van der Waals surface area contributed by atoms with Gasteiger partial charge in [0.1, 0.15) is 23.9 Å². The molecule has 32 heavy (non-hydrogen) atoms. The molecule has 164 valence electrons. The molecule has 1 spiro atoms. The lowest BCUT2D eigenvalue weighted by molar-refractivity contribution is 0.264. The molecule has 2 N–H and O–H groups in total. The third-order valence-electron chi connectivity index (χ3n) is 5.86. The van der Waals surface area contributed by atoms with Gasteiger partial charge >= 0.3 is 0 Å². The van der Waals surface area contributed by atoms with E-state index in [1.807, 2.05) is 42.5 Å². The Bertz CT molecular complexity index is 1180. The van der Waals surface area contributed by atoms with Crippen molar-refractivity contribution in [3.8, 4) is 23.1 Å². The molecule has 0 saturated heterocycles. The Morgan fingerprint density at radius 1 is 1.03 bits per heavy atom. The summed E-state index contributed by atoms with van der Waals surface area (Å²) in [5.74, 6) is 2.67. The van der Waals surface area contributed by atoms with Gasteiger partial charge in [-0.3, -0.25) is 0 Å². The number of ether oxygens (including phenoxy) is 3. The molecule has 2 aliphatic rings. The van der Waals surface area contributed by atoms with Crippen LogP contribution in [-0.2, 0) is 16.7 Å². The minimum absolute atomic E-state index is 0.181. The zero-order valence-corrected chi connectivity index (χ0v) is 18.6. The Kier molecular flexibility index (Phi) is 4.81. The summed E-state index contributed by atoms with van der Waals surface area (Å²) in [5.41, 5.74) is 8.58. The van der Waals surface area contributed by atoms with Gasteiger partial charge in [0.05, 0.1) is 0 Å². The maximum atomic E-state index is 6.27. The lowest BCUT2D eigenvalue weighted by Crippen LogP contribution is -2.31. The molecule has 2 aromatic carbocycles. The highest BCUT2D eigenvalue weighted by molar-refractivity contribution is 5.77. The third kappa shape index (κ3) is 3.77. The second-order valence-corrected chi connectivity index (χ2v) is 9.52. The van der Waals surface area contributed by atoms with Crippen LogP contribution in [0.3, 0.4) is 0 Å². The highest BCUT2D eigenvalue weighted by Gasteiger charge is 2.47. The molecule has 0 amide bonds. The predicted molar refractivity (Wildman–Crippen MR) is 123 cm³/mol. The first-order valence-corrected chi connectivity index (χ1v) is 10.9. The Balaban J connectivity index is 1.57. The van der Waals surface area contributed by atoms with Gasteiger partial charge in [-0.2, -0.15) is 0 Å². The molecule has 0 fully saturated rings. The van der Waals surface area contributed by atoms with Crippen molar-refractivity contribution >= 4 is 6.02 Å². The quantitative estimate of drug-likeness (QED) is 0.588. The number of hydrogen-bond acceptors (Lipinski definition) is 6. The van der Waals surface area contributed by atoms with Gasteiger partial charge in [0.25, 0.3) is 6.02 Å². The zero-order chi connectivity index (χ0) is 22.3. The summed E-state index contributed by atoms with van der Waals surface area (Å²) in [7, 11) is 0. The number of rotatable bonds is 4. The molecule has 0 unspecified atom stereocenters. The summed E-state index contributed by atoms with van der Waals surface area (Å²) >= 11 is 0. The number of hydrogen-bond donors (Lipinski definition) is 1. The summed E-state index contributed by atoms with van der Waals surface area (Å²) in [4.78, 5) is 9.03. The number of fused-ring (bicyclic) bond motifs is 4. The van der Waals surface area contributed by atoms with Crippen molar-refractivity contribution in [2.24, 2.45) is 16.1 Å². The largest absolute Gasteiger partial charge is 0.462 e. The standard InChI is InChI=1S/C26H27N3O3/c1-25(2,3)12-11-17-7-9-21-19(14-17)26(16-30-24(27)29-26)20-15-18(8-10-22(20)32-21)31-23-6-4-5-13-28-23/h4-10,13-15H,11-12,16H2,1-3H3,(H2,27,29)/t26-/m1/s1. The van der Waals surface area contributed by atoms with E-state index in [1.165, 1.54) is 5.56 Å². The van der Waals surface area contributed by atoms with E-state index >= 15 is 0 Å². The lowest BCUT2D eigenvalue weighted by Gasteiger charge is -2.34. The fourth-order valence-electron chi connectivity index (χ4n) is 4.15. The molecule has 1 atom stereocenters. The van der Waals surface area contributed by atoms with Crippen LogP contribution in [0.5, 0.6) is 23.1 Å². The van der Waals surface area contributed by atoms with Crippen molar-refractivity contribution in [1.82, 2.24) is 4.98 Å². The molecule has 5 rings (SSSR count). The molecule has 3 aromatic rings. The first-order valence-electron chi connectivity index (χ1n) is 10.9. The molecule has 0 saturated carbocycles. The minimum Gasteiger partial charge on any atom is -0.462 e. The van der Waals surface area contributed by atoms with Crippen LogP contribution in [0.15, 0.2) is 65.8 Å². The summed E-state index contributed by atoms with van der Waals surface area (Å²) in [5, 5.41) is 0. The number of benzene rings is 2. The number of nitrogens with zero attached hydrogens (tertiary/aromatic N) is 2. The minimum atomic E-state index is -0.770. The lowest BCUT2D eigenvalue weighted by atomic mass is 9.80. The molecule has 2 aliphatic heterocycles. The first kappa shape index (κ1) is 20.4. The molecule has 0 aliphatic carbocycles. The van der Waals surface area contributed by atoms with Gasteiger partial charge in [0.15, 0.2) is 5.54 Å². The van der Waals surface area contributed by atoms with Gasteiger partial charge in [-0.1, -0.05) is 32.9 Å².